The fourth-order valence-electron chi connectivity index (χ4n) is 3.28. The van der Waals surface area contributed by atoms with Crippen LogP contribution in [0.25, 0.3) is 0 Å². The van der Waals surface area contributed by atoms with Gasteiger partial charge in [0.1, 0.15) is 28.6 Å². The molecule has 0 radical (unpaired) electrons. The Bertz CT molecular complexity index is 922. The summed E-state index contributed by atoms with van der Waals surface area (Å²) < 4.78 is 5.65. The highest BCUT2D eigenvalue weighted by Crippen LogP contribution is 2.27. The molecule has 0 unspecified atom stereocenters. The quantitative estimate of drug-likeness (QED) is 0.738. The predicted molar refractivity (Wildman–Crippen MR) is 102 cm³/mol. The molecule has 2 aromatic rings. The molecule has 1 spiro atoms. The predicted octanol–water partition coefficient (Wildman–Crippen LogP) is 2.19. The fraction of sp³-hybridized carbons (Fsp3) is 0.333. The number of likely N-dealkylation sites (tertiary alicyclic amines) is 1. The lowest BCUT2D eigenvalue weighted by atomic mass is 9.87. The van der Waals surface area contributed by atoms with Gasteiger partial charge in [0.25, 0.3) is 11.8 Å². The Morgan fingerprint density at radius 3 is 2.61 bits per heavy atom. The Kier molecular flexibility index (Phi) is 4.94. The first-order chi connectivity index (χ1) is 13.4. The van der Waals surface area contributed by atoms with E-state index in [4.69, 9.17) is 16.3 Å². The lowest BCUT2D eigenvalue weighted by Gasteiger charge is -2.36. The van der Waals surface area contributed by atoms with Gasteiger partial charge in [-0.1, -0.05) is 11.6 Å². The number of urea groups is 1. The van der Waals surface area contributed by atoms with Crippen molar-refractivity contribution in [2.75, 3.05) is 13.1 Å². The van der Waals surface area contributed by atoms with Gasteiger partial charge in [0, 0.05) is 23.5 Å². The van der Waals surface area contributed by atoms with Crippen molar-refractivity contribution in [2.45, 2.75) is 25.0 Å². The summed E-state index contributed by atoms with van der Waals surface area (Å²) in [6, 6.07) is 6.54. The minimum Gasteiger partial charge on any atom is -0.486 e. The summed E-state index contributed by atoms with van der Waals surface area (Å²) in [5.74, 6) is 0.166. The van der Waals surface area contributed by atoms with Crippen molar-refractivity contribution >= 4 is 40.8 Å². The van der Waals surface area contributed by atoms with Crippen molar-refractivity contribution < 1.29 is 19.1 Å². The molecule has 1 aromatic carbocycles. The van der Waals surface area contributed by atoms with Crippen LogP contribution in [0.3, 0.4) is 0 Å². The van der Waals surface area contributed by atoms with Crippen molar-refractivity contribution in [2.24, 2.45) is 0 Å². The average Bonchev–Trinajstić information content (AvgIpc) is 3.26. The van der Waals surface area contributed by atoms with E-state index >= 15 is 0 Å². The number of nitrogens with zero attached hydrogens (tertiary/aromatic N) is 2. The lowest BCUT2D eigenvalue weighted by Crippen LogP contribution is -2.55. The van der Waals surface area contributed by atoms with Gasteiger partial charge in [-0.05, 0) is 37.1 Å². The number of nitrogens with one attached hydrogen (secondary N) is 2. The topological polar surface area (TPSA) is 101 Å². The summed E-state index contributed by atoms with van der Waals surface area (Å²) in [5.41, 5.74) is -0.538. The lowest BCUT2D eigenvalue weighted by molar-refractivity contribution is -0.125. The molecule has 10 heteroatoms. The summed E-state index contributed by atoms with van der Waals surface area (Å²) in [4.78, 5) is 42.1. The van der Waals surface area contributed by atoms with Gasteiger partial charge in [0.2, 0.25) is 0 Å². The summed E-state index contributed by atoms with van der Waals surface area (Å²) >= 11 is 7.20. The smallest absolute Gasteiger partial charge is 0.322 e. The molecule has 2 saturated heterocycles. The van der Waals surface area contributed by atoms with Crippen LogP contribution in [0.4, 0.5) is 4.79 Å². The first-order valence-electron chi connectivity index (χ1n) is 8.71. The number of rotatable bonds is 4. The minimum absolute atomic E-state index is 0.187. The SMILES string of the molecule is O=C1NC(=O)C2(CCN(C(=O)c3csc(COc4ccc(Cl)cc4)n3)CC2)N1. The van der Waals surface area contributed by atoms with Crippen LogP contribution in [0.15, 0.2) is 29.6 Å². The molecule has 0 aliphatic carbocycles. The number of piperidine rings is 1. The number of carbonyl (C=O) groups is 3. The van der Waals surface area contributed by atoms with E-state index < -0.39 is 11.6 Å². The third-order valence-electron chi connectivity index (χ3n) is 4.87. The first-order valence-corrected chi connectivity index (χ1v) is 9.97. The average molecular weight is 421 g/mol. The van der Waals surface area contributed by atoms with Gasteiger partial charge in [-0.3, -0.25) is 14.9 Å². The number of hydrogen-bond donors (Lipinski definition) is 2. The monoisotopic (exact) mass is 420 g/mol. The van der Waals surface area contributed by atoms with Crippen LogP contribution in [0.2, 0.25) is 5.02 Å². The maximum atomic E-state index is 12.7. The molecule has 0 bridgehead atoms. The van der Waals surface area contributed by atoms with Gasteiger partial charge < -0.3 is 15.0 Å². The maximum absolute atomic E-state index is 12.7. The van der Waals surface area contributed by atoms with Crippen molar-refractivity contribution in [1.29, 1.82) is 0 Å². The Morgan fingerprint density at radius 1 is 1.25 bits per heavy atom. The number of carbonyl (C=O) groups excluding carboxylic acids is 3. The molecule has 0 saturated carbocycles. The second-order valence-electron chi connectivity index (χ2n) is 6.65. The van der Waals surface area contributed by atoms with E-state index in [1.807, 2.05) is 0 Å². The largest absolute Gasteiger partial charge is 0.486 e. The second kappa shape index (κ2) is 7.40. The zero-order valence-electron chi connectivity index (χ0n) is 14.7. The third kappa shape index (κ3) is 3.67. The standard InChI is InChI=1S/C18H17ClN4O4S/c19-11-1-3-12(4-2-11)27-9-14-20-13(10-28-14)15(24)23-7-5-18(6-8-23)16(25)21-17(26)22-18/h1-4,10H,5-9H2,(H2,21,22,25,26). The molecule has 4 amide bonds. The van der Waals surface area contributed by atoms with Crippen LogP contribution in [-0.2, 0) is 11.4 Å². The van der Waals surface area contributed by atoms with E-state index in [2.05, 4.69) is 15.6 Å². The van der Waals surface area contributed by atoms with Crippen LogP contribution < -0.4 is 15.4 Å². The highest BCUT2D eigenvalue weighted by atomic mass is 35.5. The zero-order valence-corrected chi connectivity index (χ0v) is 16.3. The molecule has 3 heterocycles. The number of benzene rings is 1. The molecule has 4 rings (SSSR count). The molecule has 2 fully saturated rings. The number of halogens is 1. The summed E-state index contributed by atoms with van der Waals surface area (Å²) in [6.45, 7) is 1.01. The molecular formula is C18H17ClN4O4S. The zero-order chi connectivity index (χ0) is 19.7. The highest BCUT2D eigenvalue weighted by Gasteiger charge is 2.48. The number of amides is 4. The van der Waals surface area contributed by atoms with Gasteiger partial charge in [0.05, 0.1) is 0 Å². The van der Waals surface area contributed by atoms with Crippen LogP contribution in [-0.4, -0.2) is 46.4 Å². The molecule has 1 aromatic heterocycles. The van der Waals surface area contributed by atoms with Crippen LogP contribution in [0, 0.1) is 0 Å². The van der Waals surface area contributed by atoms with E-state index in [1.165, 1.54) is 11.3 Å². The Labute approximate surface area is 169 Å². The minimum atomic E-state index is -0.895. The second-order valence-corrected chi connectivity index (χ2v) is 8.03. The Balaban J connectivity index is 1.34. The third-order valence-corrected chi connectivity index (χ3v) is 5.94. The summed E-state index contributed by atoms with van der Waals surface area (Å²) in [6.07, 6.45) is 0.764. The Hall–Kier alpha value is -2.65. The summed E-state index contributed by atoms with van der Waals surface area (Å²) in [7, 11) is 0. The van der Waals surface area contributed by atoms with Gasteiger partial charge in [-0.25, -0.2) is 9.78 Å². The van der Waals surface area contributed by atoms with Gasteiger partial charge in [-0.2, -0.15) is 0 Å². The van der Waals surface area contributed by atoms with E-state index in [1.54, 1.807) is 34.5 Å². The highest BCUT2D eigenvalue weighted by molar-refractivity contribution is 7.09. The van der Waals surface area contributed by atoms with Gasteiger partial charge in [-0.15, -0.1) is 11.3 Å². The number of ether oxygens (including phenoxy) is 1. The molecular weight excluding hydrogens is 404 g/mol. The van der Waals surface area contributed by atoms with Gasteiger partial charge in [0.15, 0.2) is 0 Å². The number of thiazole rings is 1. The van der Waals surface area contributed by atoms with E-state index in [0.717, 1.165) is 0 Å². The molecule has 28 heavy (non-hydrogen) atoms. The van der Waals surface area contributed by atoms with E-state index in [0.29, 0.717) is 47.4 Å². The summed E-state index contributed by atoms with van der Waals surface area (Å²) in [5, 5.41) is 7.97. The number of imide groups is 1. The molecule has 146 valence electrons. The first kappa shape index (κ1) is 18.7. The molecule has 2 aliphatic heterocycles. The molecule has 2 N–H and O–H groups in total. The van der Waals surface area contributed by atoms with Crippen LogP contribution in [0.5, 0.6) is 5.75 Å². The van der Waals surface area contributed by atoms with Crippen molar-refractivity contribution in [3.05, 3.63) is 45.4 Å². The molecule has 2 aliphatic rings. The normalized spacial score (nSPS) is 18.1. The number of hydrogen-bond acceptors (Lipinski definition) is 6. The fourth-order valence-corrected chi connectivity index (χ4v) is 4.09. The number of aromatic nitrogens is 1. The van der Waals surface area contributed by atoms with E-state index in [9.17, 15) is 14.4 Å². The maximum Gasteiger partial charge on any atom is 0.322 e. The van der Waals surface area contributed by atoms with Crippen LogP contribution in [0.1, 0.15) is 28.3 Å². The van der Waals surface area contributed by atoms with Crippen molar-refractivity contribution in [1.82, 2.24) is 20.5 Å². The Morgan fingerprint density at radius 2 is 1.96 bits per heavy atom. The van der Waals surface area contributed by atoms with Crippen molar-refractivity contribution in [3.63, 3.8) is 0 Å². The van der Waals surface area contributed by atoms with Crippen molar-refractivity contribution in [3.8, 4) is 5.75 Å². The van der Waals surface area contributed by atoms with Gasteiger partial charge >= 0.3 is 6.03 Å². The molecule has 8 nitrogen and oxygen atoms in total. The van der Waals surface area contributed by atoms with Crippen LogP contribution >= 0.6 is 22.9 Å². The molecule has 0 atom stereocenters. The van der Waals surface area contributed by atoms with E-state index in [-0.39, 0.29) is 18.4 Å².